The highest BCUT2D eigenvalue weighted by Gasteiger charge is 2.34. The van der Waals surface area contributed by atoms with Gasteiger partial charge in [0.15, 0.2) is 0 Å². The zero-order valence-electron chi connectivity index (χ0n) is 16.7. The van der Waals surface area contributed by atoms with Crippen molar-refractivity contribution in [1.82, 2.24) is 14.6 Å². The van der Waals surface area contributed by atoms with Crippen LogP contribution in [0.15, 0.2) is 85.2 Å². The van der Waals surface area contributed by atoms with Crippen molar-refractivity contribution < 1.29 is 13.6 Å². The van der Waals surface area contributed by atoms with Crippen LogP contribution in [0.4, 0.5) is 0 Å². The molecule has 32 heavy (non-hydrogen) atoms. The van der Waals surface area contributed by atoms with Crippen LogP contribution in [-0.2, 0) is 11.3 Å². The maximum atomic E-state index is 13.3. The molecule has 8 nitrogen and oxygen atoms in total. The molecule has 1 aliphatic heterocycles. The van der Waals surface area contributed by atoms with E-state index in [1.807, 2.05) is 41.8 Å². The fourth-order valence-corrected chi connectivity index (χ4v) is 4.79. The van der Waals surface area contributed by atoms with Crippen LogP contribution < -0.4 is 5.56 Å². The molecule has 0 saturated heterocycles. The number of rotatable bonds is 4. The van der Waals surface area contributed by atoms with Crippen LogP contribution in [-0.4, -0.2) is 26.2 Å². The third kappa shape index (κ3) is 2.97. The van der Waals surface area contributed by atoms with E-state index >= 15 is 0 Å². The molecule has 5 heterocycles. The van der Waals surface area contributed by atoms with Gasteiger partial charge in [0, 0.05) is 16.7 Å². The lowest BCUT2D eigenvalue weighted by Gasteiger charge is -2.20. The number of carbonyl (C=O) groups is 1. The molecule has 0 fully saturated rings. The molecule has 0 bridgehead atoms. The van der Waals surface area contributed by atoms with Gasteiger partial charge in [0.05, 0.1) is 18.6 Å². The number of hydrazone groups is 1. The standard InChI is InChI=1S/C23H16N4O4S/c28-20(12-26-13-24-21-14-5-1-2-6-17(14)31-22(21)23(26)29)27-16(19-8-4-10-32-19)11-15(25-27)18-7-3-9-30-18/h1-10,13,16H,11-12H2/t16-/m1/s1. The molecular weight excluding hydrogens is 428 g/mol. The van der Waals surface area contributed by atoms with Crippen molar-refractivity contribution in [3.63, 3.8) is 0 Å². The normalized spacial score (nSPS) is 16.2. The van der Waals surface area contributed by atoms with E-state index in [0.29, 0.717) is 29.0 Å². The van der Waals surface area contributed by atoms with Gasteiger partial charge in [-0.3, -0.25) is 14.2 Å². The summed E-state index contributed by atoms with van der Waals surface area (Å²) in [5, 5.41) is 8.72. The van der Waals surface area contributed by atoms with Crippen LogP contribution in [0.2, 0.25) is 0 Å². The monoisotopic (exact) mass is 444 g/mol. The molecule has 0 spiro atoms. The van der Waals surface area contributed by atoms with Crippen molar-refractivity contribution in [1.29, 1.82) is 0 Å². The number of fused-ring (bicyclic) bond motifs is 3. The maximum absolute atomic E-state index is 13.3. The van der Waals surface area contributed by atoms with Crippen LogP contribution in [0.25, 0.3) is 22.1 Å². The van der Waals surface area contributed by atoms with Gasteiger partial charge in [-0.05, 0) is 35.7 Å². The number of carbonyl (C=O) groups excluding carboxylic acids is 1. The first-order valence-electron chi connectivity index (χ1n) is 10.0. The molecule has 5 aromatic rings. The smallest absolute Gasteiger partial charge is 0.297 e. The number of hydrogen-bond acceptors (Lipinski definition) is 7. The number of benzene rings is 1. The Labute approximate surface area is 185 Å². The van der Waals surface area contributed by atoms with E-state index in [-0.39, 0.29) is 24.1 Å². The lowest BCUT2D eigenvalue weighted by molar-refractivity contribution is -0.133. The van der Waals surface area contributed by atoms with Gasteiger partial charge in [0.1, 0.15) is 29.1 Å². The molecular formula is C23H16N4O4S. The van der Waals surface area contributed by atoms with Gasteiger partial charge in [-0.1, -0.05) is 18.2 Å². The summed E-state index contributed by atoms with van der Waals surface area (Å²) in [5.41, 5.74) is 1.50. The largest absolute Gasteiger partial charge is 0.463 e. The molecule has 4 aromatic heterocycles. The second-order valence-corrected chi connectivity index (χ2v) is 8.43. The summed E-state index contributed by atoms with van der Waals surface area (Å²) in [6.45, 7) is -0.199. The first-order valence-corrected chi connectivity index (χ1v) is 10.9. The van der Waals surface area contributed by atoms with Crippen LogP contribution in [0, 0.1) is 0 Å². The number of furan rings is 2. The summed E-state index contributed by atoms with van der Waals surface area (Å²) in [6, 6.07) is 14.6. The van der Waals surface area contributed by atoms with Crippen molar-refractivity contribution in [3.8, 4) is 0 Å². The summed E-state index contributed by atoms with van der Waals surface area (Å²) in [4.78, 5) is 31.7. The Morgan fingerprint density at radius 3 is 2.88 bits per heavy atom. The van der Waals surface area contributed by atoms with E-state index in [4.69, 9.17) is 8.83 Å². The fourth-order valence-electron chi connectivity index (χ4n) is 3.98. The molecule has 158 valence electrons. The molecule has 0 radical (unpaired) electrons. The molecule has 9 heteroatoms. The average Bonchev–Trinajstić information content (AvgIpc) is 3.60. The van der Waals surface area contributed by atoms with Crippen molar-refractivity contribution in [2.75, 3.05) is 0 Å². The SMILES string of the molecule is O=C(Cn1cnc2c(oc3ccccc32)c1=O)N1N=C(c2ccco2)C[C@@H]1c1cccs1. The number of hydrogen-bond donors (Lipinski definition) is 0. The molecule has 1 atom stereocenters. The van der Waals surface area contributed by atoms with E-state index in [2.05, 4.69) is 10.1 Å². The number of amides is 1. The number of thiophene rings is 1. The minimum atomic E-state index is -0.401. The average molecular weight is 444 g/mol. The van der Waals surface area contributed by atoms with Gasteiger partial charge in [0.2, 0.25) is 5.58 Å². The number of nitrogens with zero attached hydrogens (tertiary/aromatic N) is 4. The molecule has 0 N–H and O–H groups in total. The van der Waals surface area contributed by atoms with Crippen LogP contribution in [0.1, 0.15) is 23.1 Å². The van der Waals surface area contributed by atoms with Gasteiger partial charge in [-0.25, -0.2) is 9.99 Å². The predicted molar refractivity (Wildman–Crippen MR) is 120 cm³/mol. The van der Waals surface area contributed by atoms with Crippen LogP contribution in [0.5, 0.6) is 0 Å². The second-order valence-electron chi connectivity index (χ2n) is 7.45. The van der Waals surface area contributed by atoms with E-state index in [0.717, 1.165) is 10.3 Å². The molecule has 1 amide bonds. The molecule has 0 aliphatic carbocycles. The highest BCUT2D eigenvalue weighted by atomic mass is 32.1. The fraction of sp³-hybridized carbons (Fsp3) is 0.130. The number of para-hydroxylation sites is 1. The Morgan fingerprint density at radius 1 is 1.16 bits per heavy atom. The molecule has 1 aromatic carbocycles. The third-order valence-electron chi connectivity index (χ3n) is 5.50. The summed E-state index contributed by atoms with van der Waals surface area (Å²) in [6.07, 6.45) is 3.50. The van der Waals surface area contributed by atoms with Gasteiger partial charge in [-0.2, -0.15) is 5.10 Å². The minimum absolute atomic E-state index is 0.137. The van der Waals surface area contributed by atoms with Crippen LogP contribution in [0.3, 0.4) is 0 Å². The first-order chi connectivity index (χ1) is 15.7. The van der Waals surface area contributed by atoms with E-state index in [9.17, 15) is 9.59 Å². The molecule has 0 saturated carbocycles. The van der Waals surface area contributed by atoms with Crippen molar-refractivity contribution in [2.45, 2.75) is 19.0 Å². The quantitative estimate of drug-likeness (QED) is 0.415. The first kappa shape index (κ1) is 18.8. The molecule has 0 unspecified atom stereocenters. The maximum Gasteiger partial charge on any atom is 0.297 e. The van der Waals surface area contributed by atoms with Crippen molar-refractivity contribution in [3.05, 3.63) is 87.5 Å². The summed E-state index contributed by atoms with van der Waals surface area (Å²) < 4.78 is 12.5. The van der Waals surface area contributed by atoms with Gasteiger partial charge < -0.3 is 8.83 Å². The zero-order valence-corrected chi connectivity index (χ0v) is 17.5. The Hall–Kier alpha value is -3.98. The van der Waals surface area contributed by atoms with Gasteiger partial charge >= 0.3 is 0 Å². The van der Waals surface area contributed by atoms with Gasteiger partial charge in [-0.15, -0.1) is 11.3 Å². The Morgan fingerprint density at radius 2 is 2.06 bits per heavy atom. The van der Waals surface area contributed by atoms with E-state index in [1.54, 1.807) is 29.7 Å². The van der Waals surface area contributed by atoms with Crippen molar-refractivity contribution in [2.24, 2.45) is 5.10 Å². The lowest BCUT2D eigenvalue weighted by atomic mass is 10.1. The van der Waals surface area contributed by atoms with E-state index in [1.165, 1.54) is 15.9 Å². The topological polar surface area (TPSA) is 93.8 Å². The Kier molecular flexibility index (Phi) is 4.29. The highest BCUT2D eigenvalue weighted by molar-refractivity contribution is 7.10. The Balaban J connectivity index is 1.36. The van der Waals surface area contributed by atoms with Crippen LogP contribution >= 0.6 is 11.3 Å². The third-order valence-corrected chi connectivity index (χ3v) is 6.47. The highest BCUT2D eigenvalue weighted by Crippen LogP contribution is 2.35. The predicted octanol–water partition coefficient (Wildman–Crippen LogP) is 4.18. The second kappa shape index (κ2) is 7.31. The summed E-state index contributed by atoms with van der Waals surface area (Å²) in [7, 11) is 0. The lowest BCUT2D eigenvalue weighted by Crippen LogP contribution is -2.33. The van der Waals surface area contributed by atoms with Crippen molar-refractivity contribution >= 4 is 45.0 Å². The zero-order chi connectivity index (χ0) is 21.7. The summed E-state index contributed by atoms with van der Waals surface area (Å²) >= 11 is 1.56. The number of aromatic nitrogens is 2. The molecule has 1 aliphatic rings. The summed E-state index contributed by atoms with van der Waals surface area (Å²) in [5.74, 6) is 0.314. The van der Waals surface area contributed by atoms with E-state index < -0.39 is 5.56 Å². The Bertz CT molecular complexity index is 1530. The van der Waals surface area contributed by atoms with Gasteiger partial charge in [0.25, 0.3) is 11.5 Å². The minimum Gasteiger partial charge on any atom is -0.463 e. The molecule has 6 rings (SSSR count).